The highest BCUT2D eigenvalue weighted by Gasteiger charge is 2.22. The van der Waals surface area contributed by atoms with Crippen molar-refractivity contribution in [2.75, 3.05) is 12.8 Å². The Morgan fingerprint density at radius 3 is 2.68 bits per heavy atom. The maximum atomic E-state index is 12.2. The second-order valence-corrected chi connectivity index (χ2v) is 4.93. The summed E-state index contributed by atoms with van der Waals surface area (Å²) in [7, 11) is 1.55. The van der Waals surface area contributed by atoms with Crippen LogP contribution in [-0.4, -0.2) is 30.3 Å². The van der Waals surface area contributed by atoms with Crippen molar-refractivity contribution in [3.63, 3.8) is 0 Å². The van der Waals surface area contributed by atoms with E-state index < -0.39 is 0 Å². The van der Waals surface area contributed by atoms with Crippen LogP contribution in [0.4, 0.5) is 5.69 Å². The Morgan fingerprint density at radius 1 is 1.37 bits per heavy atom. The van der Waals surface area contributed by atoms with Gasteiger partial charge in [0.05, 0.1) is 18.8 Å². The highest BCUT2D eigenvalue weighted by Crippen LogP contribution is 2.22. The summed E-state index contributed by atoms with van der Waals surface area (Å²) in [5, 5.41) is 12.4. The number of ether oxygens (including phenoxy) is 1. The molecule has 1 fully saturated rings. The summed E-state index contributed by atoms with van der Waals surface area (Å²) in [5.41, 5.74) is 6.69. The number of aliphatic hydroxyl groups is 1. The summed E-state index contributed by atoms with van der Waals surface area (Å²) in [6.07, 6.45) is 2.85. The number of hydrogen-bond acceptors (Lipinski definition) is 4. The molecule has 0 radical (unpaired) electrons. The number of anilines is 1. The van der Waals surface area contributed by atoms with Crippen molar-refractivity contribution in [3.8, 4) is 5.75 Å². The molecule has 0 heterocycles. The first-order valence-corrected chi connectivity index (χ1v) is 6.52. The standard InChI is InChI=1S/C14H20N2O3/c1-19-11-6-7-13(15)12(8-11)14(18)16-9-2-4-10(17)5-3-9/h6-10,17H,2-5,15H2,1H3,(H,16,18). The average Bonchev–Trinajstić information content (AvgIpc) is 2.42. The van der Waals surface area contributed by atoms with Crippen LogP contribution in [0.3, 0.4) is 0 Å². The lowest BCUT2D eigenvalue weighted by Gasteiger charge is -2.26. The molecule has 0 bridgehead atoms. The predicted molar refractivity (Wildman–Crippen MR) is 73.1 cm³/mol. The van der Waals surface area contributed by atoms with Gasteiger partial charge in [-0.05, 0) is 43.9 Å². The normalized spacial score (nSPS) is 22.8. The highest BCUT2D eigenvalue weighted by molar-refractivity contribution is 5.99. The van der Waals surface area contributed by atoms with Crippen molar-refractivity contribution in [1.82, 2.24) is 5.32 Å². The van der Waals surface area contributed by atoms with Crippen LogP contribution in [0.1, 0.15) is 36.0 Å². The second-order valence-electron chi connectivity index (χ2n) is 4.93. The third-order valence-electron chi connectivity index (χ3n) is 3.54. The van der Waals surface area contributed by atoms with E-state index >= 15 is 0 Å². The number of amides is 1. The molecule has 2 rings (SSSR count). The maximum Gasteiger partial charge on any atom is 0.253 e. The number of nitrogens with two attached hydrogens (primary N) is 1. The summed E-state index contributed by atoms with van der Waals surface area (Å²) in [6.45, 7) is 0. The van der Waals surface area contributed by atoms with Crippen LogP contribution in [0, 0.1) is 0 Å². The zero-order valence-corrected chi connectivity index (χ0v) is 11.1. The number of nitrogen functional groups attached to an aromatic ring is 1. The molecule has 0 saturated heterocycles. The molecule has 0 aliphatic heterocycles. The molecule has 5 nitrogen and oxygen atoms in total. The van der Waals surface area contributed by atoms with Crippen LogP contribution in [0.5, 0.6) is 5.75 Å². The lowest BCUT2D eigenvalue weighted by molar-refractivity contribution is 0.0868. The third kappa shape index (κ3) is 3.38. The average molecular weight is 264 g/mol. The number of methoxy groups -OCH3 is 1. The van der Waals surface area contributed by atoms with Crippen molar-refractivity contribution in [3.05, 3.63) is 23.8 Å². The molecule has 19 heavy (non-hydrogen) atoms. The molecule has 1 aromatic carbocycles. The van der Waals surface area contributed by atoms with Gasteiger partial charge in [-0.25, -0.2) is 0 Å². The molecule has 5 heteroatoms. The van der Waals surface area contributed by atoms with E-state index in [-0.39, 0.29) is 18.1 Å². The van der Waals surface area contributed by atoms with E-state index in [1.54, 1.807) is 25.3 Å². The molecule has 1 aliphatic carbocycles. The molecule has 0 atom stereocenters. The van der Waals surface area contributed by atoms with Gasteiger partial charge < -0.3 is 20.9 Å². The minimum Gasteiger partial charge on any atom is -0.497 e. The van der Waals surface area contributed by atoms with E-state index in [0.717, 1.165) is 25.7 Å². The van der Waals surface area contributed by atoms with Crippen molar-refractivity contribution in [1.29, 1.82) is 0 Å². The Morgan fingerprint density at radius 2 is 2.05 bits per heavy atom. The quantitative estimate of drug-likeness (QED) is 0.719. The Hall–Kier alpha value is -1.75. The van der Waals surface area contributed by atoms with Gasteiger partial charge in [0.15, 0.2) is 0 Å². The highest BCUT2D eigenvalue weighted by atomic mass is 16.5. The van der Waals surface area contributed by atoms with Crippen LogP contribution in [-0.2, 0) is 0 Å². The predicted octanol–water partition coefficient (Wildman–Crippen LogP) is 1.31. The van der Waals surface area contributed by atoms with Gasteiger partial charge in [-0.1, -0.05) is 0 Å². The molecule has 104 valence electrons. The number of benzene rings is 1. The molecule has 1 saturated carbocycles. The first-order valence-electron chi connectivity index (χ1n) is 6.52. The molecule has 1 aliphatic rings. The van der Waals surface area contributed by atoms with Gasteiger partial charge in [-0.3, -0.25) is 4.79 Å². The Bertz CT molecular complexity index is 454. The van der Waals surface area contributed by atoms with Gasteiger partial charge in [0.1, 0.15) is 5.75 Å². The molecular formula is C14H20N2O3. The van der Waals surface area contributed by atoms with E-state index in [1.807, 2.05) is 0 Å². The second kappa shape index (κ2) is 5.93. The van der Waals surface area contributed by atoms with E-state index in [1.165, 1.54) is 0 Å². The van der Waals surface area contributed by atoms with E-state index in [0.29, 0.717) is 17.0 Å². The number of carbonyl (C=O) groups excluding carboxylic acids is 1. The van der Waals surface area contributed by atoms with Gasteiger partial charge in [-0.15, -0.1) is 0 Å². The number of hydrogen-bond donors (Lipinski definition) is 3. The fourth-order valence-electron chi connectivity index (χ4n) is 2.34. The van der Waals surface area contributed by atoms with Crippen LogP contribution in [0.2, 0.25) is 0 Å². The SMILES string of the molecule is COc1ccc(N)c(C(=O)NC2CCC(O)CC2)c1. The fraction of sp³-hybridized carbons (Fsp3) is 0.500. The Labute approximate surface area is 112 Å². The molecular weight excluding hydrogens is 244 g/mol. The van der Waals surface area contributed by atoms with Crippen molar-refractivity contribution in [2.45, 2.75) is 37.8 Å². The van der Waals surface area contributed by atoms with Gasteiger partial charge in [0, 0.05) is 11.7 Å². The fourth-order valence-corrected chi connectivity index (χ4v) is 2.34. The molecule has 0 unspecified atom stereocenters. The summed E-state index contributed by atoms with van der Waals surface area (Å²) in [5.74, 6) is 0.427. The van der Waals surface area contributed by atoms with Crippen LogP contribution >= 0.6 is 0 Å². The monoisotopic (exact) mass is 264 g/mol. The zero-order valence-electron chi connectivity index (χ0n) is 11.1. The summed E-state index contributed by atoms with van der Waals surface area (Å²) < 4.78 is 5.10. The van der Waals surface area contributed by atoms with Gasteiger partial charge in [-0.2, -0.15) is 0 Å². The number of rotatable bonds is 3. The number of nitrogens with one attached hydrogen (secondary N) is 1. The molecule has 0 spiro atoms. The topological polar surface area (TPSA) is 84.6 Å². The molecule has 0 aromatic heterocycles. The van der Waals surface area contributed by atoms with E-state index in [2.05, 4.69) is 5.32 Å². The van der Waals surface area contributed by atoms with Crippen LogP contribution in [0.15, 0.2) is 18.2 Å². The molecule has 1 aromatic rings. The Balaban J connectivity index is 2.03. The van der Waals surface area contributed by atoms with Crippen LogP contribution < -0.4 is 15.8 Å². The lowest BCUT2D eigenvalue weighted by Crippen LogP contribution is -2.38. The largest absolute Gasteiger partial charge is 0.497 e. The zero-order chi connectivity index (χ0) is 13.8. The lowest BCUT2D eigenvalue weighted by atomic mass is 9.93. The third-order valence-corrected chi connectivity index (χ3v) is 3.54. The minimum atomic E-state index is -0.227. The van der Waals surface area contributed by atoms with Crippen molar-refractivity contribution < 1.29 is 14.6 Å². The van der Waals surface area contributed by atoms with E-state index in [9.17, 15) is 9.90 Å². The van der Waals surface area contributed by atoms with Crippen molar-refractivity contribution in [2.24, 2.45) is 0 Å². The van der Waals surface area contributed by atoms with Gasteiger partial charge >= 0.3 is 0 Å². The summed E-state index contributed by atoms with van der Waals surface area (Å²) >= 11 is 0. The number of carbonyl (C=O) groups is 1. The molecule has 1 amide bonds. The van der Waals surface area contributed by atoms with Gasteiger partial charge in [0.2, 0.25) is 0 Å². The first-order chi connectivity index (χ1) is 9.10. The number of aliphatic hydroxyl groups excluding tert-OH is 1. The molecule has 4 N–H and O–H groups in total. The van der Waals surface area contributed by atoms with Crippen LogP contribution in [0.25, 0.3) is 0 Å². The van der Waals surface area contributed by atoms with Gasteiger partial charge in [0.25, 0.3) is 5.91 Å². The van der Waals surface area contributed by atoms with Crippen molar-refractivity contribution >= 4 is 11.6 Å². The van der Waals surface area contributed by atoms with E-state index in [4.69, 9.17) is 10.5 Å². The minimum absolute atomic E-state index is 0.113. The summed E-state index contributed by atoms with van der Waals surface area (Å²) in [4.78, 5) is 12.2. The Kier molecular flexibility index (Phi) is 4.27. The smallest absolute Gasteiger partial charge is 0.253 e. The first kappa shape index (κ1) is 13.7. The maximum absolute atomic E-state index is 12.2. The summed E-state index contributed by atoms with van der Waals surface area (Å²) in [6, 6.07) is 5.14.